The molecular formula is C17H19F2N3O2. The van der Waals surface area contributed by atoms with Crippen LogP contribution in [0.3, 0.4) is 0 Å². The Morgan fingerprint density at radius 3 is 2.67 bits per heavy atom. The number of aliphatic hydroxyl groups is 1. The third-order valence-electron chi connectivity index (χ3n) is 4.41. The van der Waals surface area contributed by atoms with Crippen LogP contribution in [-0.2, 0) is 7.05 Å². The number of piperidine rings is 1. The average Bonchev–Trinajstić information content (AvgIpc) is 2.96. The Morgan fingerprint density at radius 2 is 2.04 bits per heavy atom. The van der Waals surface area contributed by atoms with Crippen molar-refractivity contribution in [3.8, 4) is 11.3 Å². The van der Waals surface area contributed by atoms with Crippen LogP contribution in [0, 0.1) is 17.6 Å². The second-order valence-electron chi connectivity index (χ2n) is 6.11. The van der Waals surface area contributed by atoms with E-state index in [1.54, 1.807) is 18.1 Å². The van der Waals surface area contributed by atoms with E-state index >= 15 is 0 Å². The second kappa shape index (κ2) is 6.68. The fraction of sp³-hybridized carbons (Fsp3) is 0.412. The van der Waals surface area contributed by atoms with E-state index in [4.69, 9.17) is 0 Å². The Morgan fingerprint density at radius 1 is 1.33 bits per heavy atom. The summed E-state index contributed by atoms with van der Waals surface area (Å²) < 4.78 is 28.7. The minimum atomic E-state index is -0.748. The van der Waals surface area contributed by atoms with Gasteiger partial charge in [-0.2, -0.15) is 5.10 Å². The number of halogens is 2. The third kappa shape index (κ3) is 3.17. The topological polar surface area (TPSA) is 58.4 Å². The van der Waals surface area contributed by atoms with E-state index in [9.17, 15) is 18.7 Å². The van der Waals surface area contributed by atoms with E-state index in [2.05, 4.69) is 5.10 Å². The Balaban J connectivity index is 1.90. The Kier molecular flexibility index (Phi) is 4.62. The van der Waals surface area contributed by atoms with Gasteiger partial charge in [-0.1, -0.05) is 0 Å². The summed E-state index contributed by atoms with van der Waals surface area (Å²) in [5.74, 6) is -1.43. The van der Waals surface area contributed by atoms with Crippen molar-refractivity contribution in [2.24, 2.45) is 13.0 Å². The molecular weight excluding hydrogens is 316 g/mol. The lowest BCUT2D eigenvalue weighted by Gasteiger charge is -2.31. The van der Waals surface area contributed by atoms with Crippen LogP contribution in [0.15, 0.2) is 24.4 Å². The zero-order valence-electron chi connectivity index (χ0n) is 13.4. The number of carbonyl (C=O) groups excluding carboxylic acids is 1. The van der Waals surface area contributed by atoms with Gasteiger partial charge in [-0.25, -0.2) is 8.78 Å². The van der Waals surface area contributed by atoms with Gasteiger partial charge in [0.05, 0.1) is 5.56 Å². The van der Waals surface area contributed by atoms with Gasteiger partial charge in [0.15, 0.2) is 0 Å². The summed E-state index contributed by atoms with van der Waals surface area (Å²) in [6.07, 6.45) is 3.03. The monoisotopic (exact) mass is 335 g/mol. The minimum absolute atomic E-state index is 0.102. The number of hydrogen-bond acceptors (Lipinski definition) is 3. The van der Waals surface area contributed by atoms with Crippen LogP contribution in [0.5, 0.6) is 0 Å². The Bertz CT molecular complexity index is 752. The number of carbonyl (C=O) groups is 1. The molecule has 24 heavy (non-hydrogen) atoms. The van der Waals surface area contributed by atoms with Gasteiger partial charge in [0.25, 0.3) is 5.91 Å². The standard InChI is InChI=1S/C17H19F2N3O2/c1-21-9-14(17(24)22-6-4-11(10-23)5-7-22)16(20-21)13-3-2-12(18)8-15(13)19/h2-3,8-9,11,23H,4-7,10H2,1H3. The quantitative estimate of drug-likeness (QED) is 0.936. The molecule has 3 rings (SSSR count). The molecule has 1 aliphatic heterocycles. The van der Waals surface area contributed by atoms with Crippen molar-refractivity contribution in [3.63, 3.8) is 0 Å². The summed E-state index contributed by atoms with van der Waals surface area (Å²) in [5, 5.41) is 13.4. The molecule has 0 atom stereocenters. The highest BCUT2D eigenvalue weighted by Crippen LogP contribution is 2.27. The molecule has 0 saturated carbocycles. The van der Waals surface area contributed by atoms with Crippen LogP contribution in [0.25, 0.3) is 11.3 Å². The van der Waals surface area contributed by atoms with Crippen LogP contribution in [-0.4, -0.2) is 45.4 Å². The van der Waals surface area contributed by atoms with Crippen molar-refractivity contribution in [2.45, 2.75) is 12.8 Å². The number of aromatic nitrogens is 2. The van der Waals surface area contributed by atoms with E-state index in [-0.39, 0.29) is 29.7 Å². The van der Waals surface area contributed by atoms with E-state index in [0.29, 0.717) is 18.7 Å². The van der Waals surface area contributed by atoms with Crippen molar-refractivity contribution in [1.82, 2.24) is 14.7 Å². The highest BCUT2D eigenvalue weighted by molar-refractivity contribution is 5.99. The highest BCUT2D eigenvalue weighted by atomic mass is 19.1. The number of aliphatic hydroxyl groups excluding tert-OH is 1. The van der Waals surface area contributed by atoms with Gasteiger partial charge in [0.2, 0.25) is 0 Å². The summed E-state index contributed by atoms with van der Waals surface area (Å²) in [7, 11) is 1.65. The molecule has 128 valence electrons. The molecule has 7 heteroatoms. The lowest BCUT2D eigenvalue weighted by molar-refractivity contribution is 0.0651. The molecule has 5 nitrogen and oxygen atoms in total. The summed E-state index contributed by atoms with van der Waals surface area (Å²) in [6.45, 7) is 1.22. The summed E-state index contributed by atoms with van der Waals surface area (Å²) in [4.78, 5) is 14.5. The van der Waals surface area contributed by atoms with Gasteiger partial charge in [-0.3, -0.25) is 9.48 Å². The summed E-state index contributed by atoms with van der Waals surface area (Å²) in [5.41, 5.74) is 0.611. The van der Waals surface area contributed by atoms with Crippen molar-refractivity contribution < 1.29 is 18.7 Å². The first-order valence-corrected chi connectivity index (χ1v) is 7.88. The predicted molar refractivity (Wildman–Crippen MR) is 84.3 cm³/mol. The van der Waals surface area contributed by atoms with Gasteiger partial charge in [0, 0.05) is 44.6 Å². The molecule has 1 amide bonds. The zero-order chi connectivity index (χ0) is 17.3. The molecule has 1 fully saturated rings. The zero-order valence-corrected chi connectivity index (χ0v) is 13.4. The van der Waals surface area contributed by atoms with Gasteiger partial charge >= 0.3 is 0 Å². The second-order valence-corrected chi connectivity index (χ2v) is 6.11. The number of nitrogens with zero attached hydrogens (tertiary/aromatic N) is 3. The molecule has 0 radical (unpaired) electrons. The Hall–Kier alpha value is -2.28. The fourth-order valence-electron chi connectivity index (χ4n) is 3.01. The molecule has 2 aromatic rings. The number of amides is 1. The maximum Gasteiger partial charge on any atom is 0.257 e. The van der Waals surface area contributed by atoms with Crippen LogP contribution in [0.1, 0.15) is 23.2 Å². The molecule has 1 aromatic heterocycles. The molecule has 0 bridgehead atoms. The first kappa shape index (κ1) is 16.6. The third-order valence-corrected chi connectivity index (χ3v) is 4.41. The lowest BCUT2D eigenvalue weighted by atomic mass is 9.97. The smallest absolute Gasteiger partial charge is 0.257 e. The van der Waals surface area contributed by atoms with Gasteiger partial charge in [-0.05, 0) is 30.9 Å². The van der Waals surface area contributed by atoms with Crippen LogP contribution < -0.4 is 0 Å². The van der Waals surface area contributed by atoms with Crippen molar-refractivity contribution in [3.05, 3.63) is 41.6 Å². The normalized spacial score (nSPS) is 15.8. The van der Waals surface area contributed by atoms with Gasteiger partial charge in [-0.15, -0.1) is 0 Å². The van der Waals surface area contributed by atoms with Crippen molar-refractivity contribution in [1.29, 1.82) is 0 Å². The molecule has 1 aliphatic rings. The average molecular weight is 335 g/mol. The number of likely N-dealkylation sites (tertiary alicyclic amines) is 1. The van der Waals surface area contributed by atoms with Crippen LogP contribution >= 0.6 is 0 Å². The Labute approximate surface area is 138 Å². The first-order chi connectivity index (χ1) is 11.5. The van der Waals surface area contributed by atoms with Gasteiger partial charge < -0.3 is 10.0 Å². The molecule has 1 N–H and O–H groups in total. The number of benzene rings is 1. The van der Waals surface area contributed by atoms with Gasteiger partial charge in [0.1, 0.15) is 17.3 Å². The number of rotatable bonds is 3. The SMILES string of the molecule is Cn1cc(C(=O)N2CCC(CO)CC2)c(-c2ccc(F)cc2F)n1. The molecule has 1 aromatic carbocycles. The number of hydrogen-bond donors (Lipinski definition) is 1. The van der Waals surface area contributed by atoms with E-state index in [0.717, 1.165) is 25.0 Å². The van der Waals surface area contributed by atoms with Crippen molar-refractivity contribution >= 4 is 5.91 Å². The van der Waals surface area contributed by atoms with Crippen LogP contribution in [0.4, 0.5) is 8.78 Å². The molecule has 0 aliphatic carbocycles. The van der Waals surface area contributed by atoms with Crippen LogP contribution in [0.2, 0.25) is 0 Å². The largest absolute Gasteiger partial charge is 0.396 e. The molecule has 0 unspecified atom stereocenters. The molecule has 0 spiro atoms. The molecule has 1 saturated heterocycles. The lowest BCUT2D eigenvalue weighted by Crippen LogP contribution is -2.39. The maximum absolute atomic E-state index is 14.1. The first-order valence-electron chi connectivity index (χ1n) is 7.88. The fourth-order valence-corrected chi connectivity index (χ4v) is 3.01. The molecule has 2 heterocycles. The minimum Gasteiger partial charge on any atom is -0.396 e. The van der Waals surface area contributed by atoms with E-state index in [1.807, 2.05) is 0 Å². The maximum atomic E-state index is 14.1. The summed E-state index contributed by atoms with van der Waals surface area (Å²) in [6, 6.07) is 3.22. The van der Waals surface area contributed by atoms with Crippen molar-refractivity contribution in [2.75, 3.05) is 19.7 Å². The van der Waals surface area contributed by atoms with E-state index < -0.39 is 11.6 Å². The highest BCUT2D eigenvalue weighted by Gasteiger charge is 2.27. The summed E-state index contributed by atoms with van der Waals surface area (Å²) >= 11 is 0. The van der Waals surface area contributed by atoms with E-state index in [1.165, 1.54) is 10.7 Å². The predicted octanol–water partition coefficient (Wildman–Crippen LogP) is 2.21. The number of aryl methyl sites for hydroxylation is 1.